The number of ether oxygens (including phenoxy) is 1. The largest absolute Gasteiger partial charge is 0.469 e. The number of amides is 1. The van der Waals surface area contributed by atoms with Gasteiger partial charge in [-0.1, -0.05) is 0 Å². The summed E-state index contributed by atoms with van der Waals surface area (Å²) in [6.07, 6.45) is 1.49. The fourth-order valence-corrected chi connectivity index (χ4v) is 4.16. The van der Waals surface area contributed by atoms with Gasteiger partial charge in [0.2, 0.25) is 0 Å². The highest BCUT2D eigenvalue weighted by atomic mass is 32.1. The molecule has 2 aromatic heterocycles. The lowest BCUT2D eigenvalue weighted by molar-refractivity contribution is -0.150. The van der Waals surface area contributed by atoms with Crippen molar-refractivity contribution < 1.29 is 18.7 Å². The smallest absolute Gasteiger partial charge is 0.312 e. The standard InChI is InChI=1S/C21H28FN5O3S/c1-21(2,20(29)30-3)13-23-7-8-27-10-14(11-27)19-26-17(12-31-19)18(28)25-9-16-15(22)5-4-6-24-16/h4-6,12,14,23H,7-11,13H2,1-3H3,(H,25,28). The van der Waals surface area contributed by atoms with Crippen LogP contribution in [0.5, 0.6) is 0 Å². The van der Waals surface area contributed by atoms with Crippen molar-refractivity contribution >= 4 is 23.2 Å². The van der Waals surface area contributed by atoms with Crippen molar-refractivity contribution in [2.24, 2.45) is 5.41 Å². The van der Waals surface area contributed by atoms with Crippen molar-refractivity contribution in [1.82, 2.24) is 25.5 Å². The molecule has 0 aliphatic carbocycles. The fraction of sp³-hybridized carbons (Fsp3) is 0.524. The minimum Gasteiger partial charge on any atom is -0.469 e. The van der Waals surface area contributed by atoms with Crippen molar-refractivity contribution in [1.29, 1.82) is 0 Å². The maximum absolute atomic E-state index is 13.6. The second-order valence-corrected chi connectivity index (χ2v) is 9.08. The molecule has 8 nitrogen and oxygen atoms in total. The number of methoxy groups -OCH3 is 1. The molecule has 0 unspecified atom stereocenters. The number of aromatic nitrogens is 2. The van der Waals surface area contributed by atoms with Gasteiger partial charge in [-0.3, -0.25) is 14.6 Å². The minimum atomic E-state index is -0.549. The summed E-state index contributed by atoms with van der Waals surface area (Å²) < 4.78 is 18.4. The van der Waals surface area contributed by atoms with Crippen LogP contribution in [0.4, 0.5) is 4.39 Å². The molecule has 0 spiro atoms. The predicted molar refractivity (Wildman–Crippen MR) is 115 cm³/mol. The van der Waals surface area contributed by atoms with Crippen LogP contribution in [0.25, 0.3) is 0 Å². The molecule has 3 rings (SSSR count). The number of thiazole rings is 1. The van der Waals surface area contributed by atoms with E-state index in [1.54, 1.807) is 5.38 Å². The van der Waals surface area contributed by atoms with E-state index in [9.17, 15) is 14.0 Å². The topological polar surface area (TPSA) is 96.5 Å². The van der Waals surface area contributed by atoms with E-state index in [1.807, 2.05) is 13.8 Å². The molecule has 0 aromatic carbocycles. The second kappa shape index (κ2) is 10.3. The Balaban J connectivity index is 1.37. The zero-order valence-corrected chi connectivity index (χ0v) is 18.8. The van der Waals surface area contributed by atoms with Crippen molar-refractivity contribution in [3.8, 4) is 0 Å². The third-order valence-corrected chi connectivity index (χ3v) is 6.23. The molecule has 0 radical (unpaired) electrons. The Bertz CT molecular complexity index is 914. The Labute approximate surface area is 185 Å². The summed E-state index contributed by atoms with van der Waals surface area (Å²) >= 11 is 1.47. The van der Waals surface area contributed by atoms with Crippen LogP contribution < -0.4 is 10.6 Å². The Kier molecular flexibility index (Phi) is 7.69. The number of pyridine rings is 1. The first kappa shape index (κ1) is 23.2. The molecule has 1 aliphatic rings. The summed E-state index contributed by atoms with van der Waals surface area (Å²) in [4.78, 5) is 34.7. The van der Waals surface area contributed by atoms with Crippen molar-refractivity contribution in [2.75, 3.05) is 39.8 Å². The number of carbonyl (C=O) groups excluding carboxylic acids is 2. The second-order valence-electron chi connectivity index (χ2n) is 8.19. The number of rotatable bonds is 10. The number of esters is 1. The molecule has 0 bridgehead atoms. The van der Waals surface area contributed by atoms with Crippen LogP contribution in [0.1, 0.15) is 41.0 Å². The lowest BCUT2D eigenvalue weighted by Gasteiger charge is -2.38. The molecule has 1 amide bonds. The van der Waals surface area contributed by atoms with Crippen LogP contribution in [-0.2, 0) is 16.1 Å². The third kappa shape index (κ3) is 6.05. The Morgan fingerprint density at radius 1 is 1.39 bits per heavy atom. The number of likely N-dealkylation sites (tertiary alicyclic amines) is 1. The van der Waals surface area contributed by atoms with Gasteiger partial charge in [-0.05, 0) is 26.0 Å². The van der Waals surface area contributed by atoms with Crippen LogP contribution in [-0.4, -0.2) is 66.6 Å². The first-order valence-corrected chi connectivity index (χ1v) is 11.0. The number of carbonyl (C=O) groups is 2. The molecule has 0 saturated carbocycles. The van der Waals surface area contributed by atoms with Gasteiger partial charge in [0.05, 0.1) is 29.8 Å². The van der Waals surface area contributed by atoms with E-state index in [0.29, 0.717) is 18.2 Å². The zero-order chi connectivity index (χ0) is 22.4. The molecule has 1 saturated heterocycles. The normalized spacial score (nSPS) is 14.8. The average Bonchev–Trinajstić information content (AvgIpc) is 3.20. The summed E-state index contributed by atoms with van der Waals surface area (Å²) in [5.41, 5.74) is -0.00193. The lowest BCUT2D eigenvalue weighted by Crippen LogP contribution is -2.48. The molecular formula is C21H28FN5O3S. The van der Waals surface area contributed by atoms with Crippen LogP contribution >= 0.6 is 11.3 Å². The first-order valence-electron chi connectivity index (χ1n) is 10.1. The van der Waals surface area contributed by atoms with Gasteiger partial charge in [0, 0.05) is 50.2 Å². The summed E-state index contributed by atoms with van der Waals surface area (Å²) in [5, 5.41) is 8.64. The van der Waals surface area contributed by atoms with E-state index in [4.69, 9.17) is 4.74 Å². The van der Waals surface area contributed by atoms with E-state index in [2.05, 4.69) is 25.5 Å². The van der Waals surface area contributed by atoms with Gasteiger partial charge in [-0.15, -0.1) is 11.3 Å². The maximum atomic E-state index is 13.6. The third-order valence-electron chi connectivity index (χ3n) is 5.22. The highest BCUT2D eigenvalue weighted by Crippen LogP contribution is 2.29. The van der Waals surface area contributed by atoms with Crippen LogP contribution in [0.2, 0.25) is 0 Å². The highest BCUT2D eigenvalue weighted by molar-refractivity contribution is 7.10. The summed E-state index contributed by atoms with van der Waals surface area (Å²) in [6.45, 7) is 7.72. The molecule has 3 heterocycles. The SMILES string of the molecule is COC(=O)C(C)(C)CNCCN1CC(c2nc(C(=O)NCc3ncccc3F)cs2)C1. The molecule has 2 aromatic rings. The maximum Gasteiger partial charge on any atom is 0.312 e. The molecule has 2 N–H and O–H groups in total. The lowest BCUT2D eigenvalue weighted by atomic mass is 9.94. The van der Waals surface area contributed by atoms with Crippen molar-refractivity contribution in [3.63, 3.8) is 0 Å². The van der Waals surface area contributed by atoms with E-state index in [0.717, 1.165) is 31.2 Å². The van der Waals surface area contributed by atoms with E-state index in [-0.39, 0.29) is 24.1 Å². The fourth-order valence-electron chi connectivity index (χ4n) is 3.28. The summed E-state index contributed by atoms with van der Waals surface area (Å²) in [7, 11) is 1.40. The molecule has 31 heavy (non-hydrogen) atoms. The van der Waals surface area contributed by atoms with Gasteiger partial charge < -0.3 is 20.3 Å². The quantitative estimate of drug-likeness (QED) is 0.422. The molecule has 10 heteroatoms. The Morgan fingerprint density at radius 2 is 2.16 bits per heavy atom. The van der Waals surface area contributed by atoms with Gasteiger partial charge in [-0.25, -0.2) is 9.37 Å². The molecule has 1 aliphatic heterocycles. The van der Waals surface area contributed by atoms with Gasteiger partial charge in [-0.2, -0.15) is 0 Å². The summed E-state index contributed by atoms with van der Waals surface area (Å²) in [5.74, 6) is -0.690. The van der Waals surface area contributed by atoms with Gasteiger partial charge in [0.25, 0.3) is 5.91 Å². The number of nitrogens with one attached hydrogen (secondary N) is 2. The Hall–Kier alpha value is -2.43. The Morgan fingerprint density at radius 3 is 2.87 bits per heavy atom. The first-order chi connectivity index (χ1) is 14.8. The number of hydrogen-bond acceptors (Lipinski definition) is 8. The van der Waals surface area contributed by atoms with Crippen LogP contribution in [0.3, 0.4) is 0 Å². The summed E-state index contributed by atoms with van der Waals surface area (Å²) in [6, 6.07) is 2.82. The predicted octanol–water partition coefficient (Wildman–Crippen LogP) is 1.80. The molecular weight excluding hydrogens is 421 g/mol. The van der Waals surface area contributed by atoms with Gasteiger partial charge in [0.15, 0.2) is 0 Å². The van der Waals surface area contributed by atoms with Gasteiger partial charge in [0.1, 0.15) is 11.5 Å². The minimum absolute atomic E-state index is 0.0232. The van der Waals surface area contributed by atoms with E-state index < -0.39 is 11.2 Å². The van der Waals surface area contributed by atoms with Crippen LogP contribution in [0, 0.1) is 11.2 Å². The van der Waals surface area contributed by atoms with Gasteiger partial charge >= 0.3 is 5.97 Å². The van der Waals surface area contributed by atoms with E-state index in [1.165, 1.54) is 36.8 Å². The number of hydrogen-bond donors (Lipinski definition) is 2. The highest BCUT2D eigenvalue weighted by Gasteiger charge is 2.31. The van der Waals surface area contributed by atoms with Crippen molar-refractivity contribution in [2.45, 2.75) is 26.3 Å². The molecule has 1 fully saturated rings. The van der Waals surface area contributed by atoms with Crippen LogP contribution in [0.15, 0.2) is 23.7 Å². The molecule has 168 valence electrons. The number of halogens is 1. The zero-order valence-electron chi connectivity index (χ0n) is 18.0. The number of nitrogens with zero attached hydrogens (tertiary/aromatic N) is 3. The average molecular weight is 450 g/mol. The molecule has 0 atom stereocenters. The van der Waals surface area contributed by atoms with Crippen molar-refractivity contribution in [3.05, 3.63) is 45.9 Å². The monoisotopic (exact) mass is 449 g/mol. The van der Waals surface area contributed by atoms with E-state index >= 15 is 0 Å².